The van der Waals surface area contributed by atoms with Crippen molar-refractivity contribution in [3.63, 3.8) is 0 Å². The van der Waals surface area contributed by atoms with E-state index in [4.69, 9.17) is 4.42 Å². The van der Waals surface area contributed by atoms with Gasteiger partial charge in [0.25, 0.3) is 0 Å². The van der Waals surface area contributed by atoms with Crippen molar-refractivity contribution in [2.45, 2.75) is 26.7 Å². The van der Waals surface area contributed by atoms with Gasteiger partial charge in [0.15, 0.2) is 12.0 Å². The summed E-state index contributed by atoms with van der Waals surface area (Å²) in [6, 6.07) is 5.72. The number of fused-ring (bicyclic) bond motifs is 1. The molecule has 1 saturated carbocycles. The van der Waals surface area contributed by atoms with Crippen LogP contribution in [-0.2, 0) is 0 Å². The van der Waals surface area contributed by atoms with E-state index >= 15 is 0 Å². The second-order valence-corrected chi connectivity index (χ2v) is 4.48. The Kier molecular flexibility index (Phi) is 4.74. The number of aromatic nitrogens is 1. The third-order valence-corrected chi connectivity index (χ3v) is 2.85. The molecule has 0 atom stereocenters. The van der Waals surface area contributed by atoms with E-state index in [-0.39, 0.29) is 7.43 Å². The second kappa shape index (κ2) is 5.85. The fourth-order valence-electron chi connectivity index (χ4n) is 1.26. The molecule has 1 aromatic carbocycles. The van der Waals surface area contributed by atoms with Crippen molar-refractivity contribution in [1.29, 1.82) is 0 Å². The highest BCUT2D eigenvalue weighted by Gasteiger charge is 2.02. The summed E-state index contributed by atoms with van der Waals surface area (Å²) in [5.41, 5.74) is 3.14. The minimum Gasteiger partial charge on any atom is -0.443 e. The van der Waals surface area contributed by atoms with Gasteiger partial charge in [-0.2, -0.15) is 0 Å². The largest absolute Gasteiger partial charge is 0.443 e. The third kappa shape index (κ3) is 3.20. The minimum absolute atomic E-state index is 0. The Morgan fingerprint density at radius 3 is 2.56 bits per heavy atom. The highest BCUT2D eigenvalue weighted by molar-refractivity contribution is 9.10. The van der Waals surface area contributed by atoms with E-state index in [1.54, 1.807) is 0 Å². The van der Waals surface area contributed by atoms with Crippen LogP contribution in [0.3, 0.4) is 0 Å². The van der Waals surface area contributed by atoms with E-state index in [1.807, 2.05) is 18.2 Å². The van der Waals surface area contributed by atoms with E-state index in [0.29, 0.717) is 0 Å². The highest BCUT2D eigenvalue weighted by atomic mass is 79.9. The molecule has 2 aromatic rings. The summed E-state index contributed by atoms with van der Waals surface area (Å²) in [4.78, 5) is 3.98. The molecule has 2 nitrogen and oxygen atoms in total. The number of hydrogen-bond acceptors (Lipinski definition) is 2. The zero-order chi connectivity index (χ0) is 10.7. The molecular formula is C13H16BrNO. The van der Waals surface area contributed by atoms with Gasteiger partial charge in [-0.25, -0.2) is 4.98 Å². The summed E-state index contributed by atoms with van der Waals surface area (Å²) in [5, 5.41) is 0. The Labute approximate surface area is 105 Å². The highest BCUT2D eigenvalue weighted by Crippen LogP contribution is 2.22. The molecule has 3 heteroatoms. The molecular weight excluding hydrogens is 266 g/mol. The van der Waals surface area contributed by atoms with Crippen LogP contribution < -0.4 is 0 Å². The molecule has 0 amide bonds. The second-order valence-electron chi connectivity index (χ2n) is 3.57. The maximum Gasteiger partial charge on any atom is 0.181 e. The summed E-state index contributed by atoms with van der Waals surface area (Å²) in [6.45, 7) is 3.76. The molecule has 0 spiro atoms. The van der Waals surface area contributed by atoms with Gasteiger partial charge in [-0.3, -0.25) is 0 Å². The molecule has 0 bridgehead atoms. The van der Waals surface area contributed by atoms with Crippen molar-refractivity contribution in [3.05, 3.63) is 41.2 Å². The molecule has 0 saturated heterocycles. The van der Waals surface area contributed by atoms with Crippen LogP contribution in [0.4, 0.5) is 0 Å². The molecule has 1 aromatic heterocycles. The first-order chi connectivity index (χ1) is 7.25. The van der Waals surface area contributed by atoms with Gasteiger partial charge in [0.05, 0.1) is 0 Å². The quantitative estimate of drug-likeness (QED) is 0.639. The smallest absolute Gasteiger partial charge is 0.181 e. The predicted molar refractivity (Wildman–Crippen MR) is 71.4 cm³/mol. The van der Waals surface area contributed by atoms with Gasteiger partial charge < -0.3 is 4.42 Å². The lowest BCUT2D eigenvalue weighted by Crippen LogP contribution is -1.92. The molecule has 0 aliphatic heterocycles. The Balaban J connectivity index is 0.000000183. The van der Waals surface area contributed by atoms with Crippen molar-refractivity contribution in [2.75, 3.05) is 0 Å². The number of benzene rings is 1. The van der Waals surface area contributed by atoms with Crippen LogP contribution in [0, 0.1) is 0 Å². The summed E-state index contributed by atoms with van der Waals surface area (Å²) in [6.07, 6.45) is 5.41. The summed E-state index contributed by atoms with van der Waals surface area (Å²) in [7, 11) is 0. The molecule has 86 valence electrons. The predicted octanol–water partition coefficient (Wildman–Crippen LogP) is 4.95. The van der Waals surface area contributed by atoms with Gasteiger partial charge in [-0.15, -0.1) is 0 Å². The normalized spacial score (nSPS) is 13.4. The van der Waals surface area contributed by atoms with E-state index in [9.17, 15) is 0 Å². The molecule has 16 heavy (non-hydrogen) atoms. The van der Waals surface area contributed by atoms with Gasteiger partial charge in [0.2, 0.25) is 0 Å². The number of allylic oxidation sites excluding steroid dienone is 1. The lowest BCUT2D eigenvalue weighted by atomic mass is 9.95. The van der Waals surface area contributed by atoms with Crippen molar-refractivity contribution in [1.82, 2.24) is 4.98 Å². The average molecular weight is 282 g/mol. The summed E-state index contributed by atoms with van der Waals surface area (Å²) >= 11 is 3.34. The van der Waals surface area contributed by atoms with E-state index in [0.717, 1.165) is 15.6 Å². The van der Waals surface area contributed by atoms with Crippen molar-refractivity contribution in [3.8, 4) is 0 Å². The van der Waals surface area contributed by atoms with Crippen LogP contribution in [0.15, 0.2) is 45.6 Å². The minimum atomic E-state index is 0. The van der Waals surface area contributed by atoms with Crippen LogP contribution in [-0.4, -0.2) is 4.98 Å². The Hall–Kier alpha value is -1.09. The van der Waals surface area contributed by atoms with Crippen LogP contribution in [0.5, 0.6) is 0 Å². The maximum atomic E-state index is 5.04. The average Bonchev–Trinajstić information content (AvgIpc) is 2.62. The van der Waals surface area contributed by atoms with Gasteiger partial charge in [0.1, 0.15) is 5.52 Å². The van der Waals surface area contributed by atoms with E-state index in [1.165, 1.54) is 31.2 Å². The van der Waals surface area contributed by atoms with Crippen molar-refractivity contribution in [2.24, 2.45) is 0 Å². The molecule has 1 aliphatic carbocycles. The van der Waals surface area contributed by atoms with Gasteiger partial charge in [0, 0.05) is 4.47 Å². The number of nitrogens with zero attached hydrogens (tertiary/aromatic N) is 1. The van der Waals surface area contributed by atoms with Crippen LogP contribution in [0.1, 0.15) is 26.7 Å². The molecule has 1 heterocycles. The topological polar surface area (TPSA) is 26.0 Å². The van der Waals surface area contributed by atoms with E-state index in [2.05, 4.69) is 27.5 Å². The fraction of sp³-hybridized carbons (Fsp3) is 0.308. The summed E-state index contributed by atoms with van der Waals surface area (Å²) < 4.78 is 6.06. The Bertz CT molecular complexity index is 469. The third-order valence-electron chi connectivity index (χ3n) is 2.35. The lowest BCUT2D eigenvalue weighted by molar-refractivity contribution is 0.602. The van der Waals surface area contributed by atoms with Crippen LogP contribution in [0.25, 0.3) is 11.1 Å². The van der Waals surface area contributed by atoms with Crippen molar-refractivity contribution < 1.29 is 4.42 Å². The monoisotopic (exact) mass is 281 g/mol. The van der Waals surface area contributed by atoms with E-state index < -0.39 is 0 Å². The number of rotatable bonds is 0. The van der Waals surface area contributed by atoms with Crippen LogP contribution >= 0.6 is 15.9 Å². The number of hydrogen-bond donors (Lipinski definition) is 0. The molecule has 1 aliphatic rings. The van der Waals surface area contributed by atoms with Crippen LogP contribution in [0.2, 0.25) is 0 Å². The van der Waals surface area contributed by atoms with Crippen molar-refractivity contribution >= 4 is 27.0 Å². The van der Waals surface area contributed by atoms with Gasteiger partial charge in [-0.05, 0) is 37.5 Å². The Morgan fingerprint density at radius 2 is 2.00 bits per heavy atom. The lowest BCUT2D eigenvalue weighted by Gasteiger charge is -2.11. The van der Waals surface area contributed by atoms with Gasteiger partial charge >= 0.3 is 0 Å². The SMILES string of the molecule is Brc1ccc2ocnc2c1.C.C=C1CCC1. The zero-order valence-electron chi connectivity index (χ0n) is 8.37. The van der Waals surface area contributed by atoms with Gasteiger partial charge in [-0.1, -0.05) is 35.5 Å². The number of halogens is 1. The zero-order valence-corrected chi connectivity index (χ0v) is 9.96. The molecule has 3 rings (SSSR count). The molecule has 0 unspecified atom stereocenters. The maximum absolute atomic E-state index is 5.04. The molecule has 0 radical (unpaired) electrons. The summed E-state index contributed by atoms with van der Waals surface area (Å²) in [5.74, 6) is 0. The Morgan fingerprint density at radius 1 is 1.31 bits per heavy atom. The first kappa shape index (κ1) is 13.0. The standard InChI is InChI=1S/C7H4BrNO.C5H8.CH4/c8-5-1-2-7-6(3-5)9-4-10-7;1-5-3-2-4-5;/h1-4H;1-4H2;1H4. The first-order valence-electron chi connectivity index (χ1n) is 4.91. The molecule has 1 fully saturated rings. The first-order valence-corrected chi connectivity index (χ1v) is 5.70. The number of oxazole rings is 1. The molecule has 0 N–H and O–H groups in total. The fourth-order valence-corrected chi connectivity index (χ4v) is 1.61.